The normalized spacial score (nSPS) is 19.1. The summed E-state index contributed by atoms with van der Waals surface area (Å²) in [6, 6.07) is 7.60. The Morgan fingerprint density at radius 3 is 3.00 bits per heavy atom. The quantitative estimate of drug-likeness (QED) is 0.833. The first-order chi connectivity index (χ1) is 8.88. The summed E-state index contributed by atoms with van der Waals surface area (Å²) in [7, 11) is 1.62. The van der Waals surface area contributed by atoms with E-state index in [1.54, 1.807) is 7.11 Å². The number of aromatic nitrogens is 2. The van der Waals surface area contributed by atoms with E-state index in [0.29, 0.717) is 11.7 Å². The van der Waals surface area contributed by atoms with Crippen molar-refractivity contribution >= 4 is 0 Å². The molecule has 2 aromatic rings. The van der Waals surface area contributed by atoms with Gasteiger partial charge < -0.3 is 14.0 Å². The van der Waals surface area contributed by atoms with Gasteiger partial charge in [-0.2, -0.15) is 4.98 Å². The van der Waals surface area contributed by atoms with Gasteiger partial charge in [0.05, 0.1) is 12.7 Å². The molecular formula is C13H14N2O3. The Morgan fingerprint density at radius 2 is 2.22 bits per heavy atom. The molecule has 1 aromatic carbocycles. The molecular weight excluding hydrogens is 232 g/mol. The third kappa shape index (κ3) is 1.97. The molecule has 1 fully saturated rings. The van der Waals surface area contributed by atoms with Crippen LogP contribution in [-0.2, 0) is 4.74 Å². The summed E-state index contributed by atoms with van der Waals surface area (Å²) in [6.07, 6.45) is 1.92. The van der Waals surface area contributed by atoms with Crippen LogP contribution < -0.4 is 4.74 Å². The second kappa shape index (κ2) is 4.78. The molecule has 18 heavy (non-hydrogen) atoms. The third-order valence-corrected chi connectivity index (χ3v) is 2.99. The molecule has 0 aliphatic carbocycles. The van der Waals surface area contributed by atoms with Crippen LogP contribution in [0.4, 0.5) is 0 Å². The van der Waals surface area contributed by atoms with E-state index in [9.17, 15) is 0 Å². The fraction of sp³-hybridized carbons (Fsp3) is 0.385. The Hall–Kier alpha value is -1.88. The van der Waals surface area contributed by atoms with E-state index in [-0.39, 0.29) is 6.10 Å². The minimum atomic E-state index is -0.0547. The second-order valence-electron chi connectivity index (χ2n) is 4.16. The first kappa shape index (κ1) is 11.2. The van der Waals surface area contributed by atoms with Gasteiger partial charge in [0.2, 0.25) is 5.82 Å². The molecule has 0 N–H and O–H groups in total. The van der Waals surface area contributed by atoms with Crippen LogP contribution in [0.3, 0.4) is 0 Å². The van der Waals surface area contributed by atoms with Crippen molar-refractivity contribution in [2.24, 2.45) is 0 Å². The van der Waals surface area contributed by atoms with Crippen LogP contribution >= 0.6 is 0 Å². The number of benzene rings is 1. The molecule has 0 amide bonds. The van der Waals surface area contributed by atoms with Gasteiger partial charge in [0.25, 0.3) is 5.89 Å². The zero-order valence-corrected chi connectivity index (χ0v) is 10.1. The molecule has 5 nitrogen and oxygen atoms in total. The van der Waals surface area contributed by atoms with E-state index in [2.05, 4.69) is 10.1 Å². The standard InChI is InChI=1S/C13H14N2O3/c1-16-10-6-3-2-5-9(10)12-14-13(18-15-12)11-7-4-8-17-11/h2-3,5-6,11H,4,7-8H2,1H3. The van der Waals surface area contributed by atoms with Crippen molar-refractivity contribution in [3.05, 3.63) is 30.2 Å². The minimum Gasteiger partial charge on any atom is -0.496 e. The molecule has 1 atom stereocenters. The fourth-order valence-electron chi connectivity index (χ4n) is 2.08. The highest BCUT2D eigenvalue weighted by molar-refractivity contribution is 5.63. The van der Waals surface area contributed by atoms with E-state index in [0.717, 1.165) is 30.8 Å². The van der Waals surface area contributed by atoms with Gasteiger partial charge in [-0.15, -0.1) is 0 Å². The molecule has 1 aromatic heterocycles. The summed E-state index contributed by atoms with van der Waals surface area (Å²) in [5.41, 5.74) is 0.827. The molecule has 0 bridgehead atoms. The van der Waals surface area contributed by atoms with E-state index < -0.39 is 0 Å². The lowest BCUT2D eigenvalue weighted by Gasteiger charge is -2.03. The topological polar surface area (TPSA) is 57.4 Å². The van der Waals surface area contributed by atoms with Crippen LogP contribution in [-0.4, -0.2) is 23.9 Å². The summed E-state index contributed by atoms with van der Waals surface area (Å²) in [6.45, 7) is 0.761. The lowest BCUT2D eigenvalue weighted by atomic mass is 10.2. The summed E-state index contributed by atoms with van der Waals surface area (Å²) in [5, 5.41) is 3.99. The highest BCUT2D eigenvalue weighted by Crippen LogP contribution is 2.31. The van der Waals surface area contributed by atoms with Crippen molar-refractivity contribution in [3.63, 3.8) is 0 Å². The lowest BCUT2D eigenvalue weighted by Crippen LogP contribution is -1.95. The lowest BCUT2D eigenvalue weighted by molar-refractivity contribution is 0.0835. The summed E-state index contributed by atoms with van der Waals surface area (Å²) >= 11 is 0. The predicted octanol–water partition coefficient (Wildman–Crippen LogP) is 2.60. The van der Waals surface area contributed by atoms with Crippen molar-refractivity contribution in [2.45, 2.75) is 18.9 Å². The third-order valence-electron chi connectivity index (χ3n) is 2.99. The molecule has 1 aliphatic heterocycles. The van der Waals surface area contributed by atoms with Gasteiger partial charge in [-0.3, -0.25) is 0 Å². The van der Waals surface area contributed by atoms with E-state index in [1.807, 2.05) is 24.3 Å². The summed E-state index contributed by atoms with van der Waals surface area (Å²) in [4.78, 5) is 4.39. The number of hydrogen-bond donors (Lipinski definition) is 0. The number of rotatable bonds is 3. The maximum Gasteiger partial charge on any atom is 0.256 e. The zero-order chi connectivity index (χ0) is 12.4. The Labute approximate surface area is 105 Å². The average molecular weight is 246 g/mol. The molecule has 5 heteroatoms. The Bertz CT molecular complexity index is 533. The molecule has 1 unspecified atom stereocenters. The Balaban J connectivity index is 1.92. The molecule has 2 heterocycles. The van der Waals surface area contributed by atoms with Gasteiger partial charge in [0, 0.05) is 6.61 Å². The molecule has 3 rings (SSSR count). The number of ether oxygens (including phenoxy) is 2. The first-order valence-corrected chi connectivity index (χ1v) is 5.97. The van der Waals surface area contributed by atoms with Crippen molar-refractivity contribution < 1.29 is 14.0 Å². The monoisotopic (exact) mass is 246 g/mol. The SMILES string of the molecule is COc1ccccc1-c1noc(C2CCCO2)n1. The number of hydrogen-bond acceptors (Lipinski definition) is 5. The Morgan fingerprint density at radius 1 is 1.33 bits per heavy atom. The van der Waals surface area contributed by atoms with Gasteiger partial charge in [0.15, 0.2) is 0 Å². The molecule has 94 valence electrons. The number of para-hydroxylation sites is 1. The molecule has 0 saturated carbocycles. The zero-order valence-electron chi connectivity index (χ0n) is 10.1. The summed E-state index contributed by atoms with van der Waals surface area (Å²) in [5.74, 6) is 1.82. The van der Waals surface area contributed by atoms with Crippen LogP contribution in [0.2, 0.25) is 0 Å². The smallest absolute Gasteiger partial charge is 0.256 e. The largest absolute Gasteiger partial charge is 0.496 e. The van der Waals surface area contributed by atoms with E-state index in [4.69, 9.17) is 14.0 Å². The van der Waals surface area contributed by atoms with Crippen LogP contribution in [0.1, 0.15) is 24.8 Å². The second-order valence-corrected chi connectivity index (χ2v) is 4.16. The van der Waals surface area contributed by atoms with Gasteiger partial charge in [-0.05, 0) is 25.0 Å². The number of nitrogens with zero attached hydrogens (tertiary/aromatic N) is 2. The van der Waals surface area contributed by atoms with Crippen LogP contribution in [0, 0.1) is 0 Å². The van der Waals surface area contributed by atoms with E-state index >= 15 is 0 Å². The maximum absolute atomic E-state index is 5.52. The summed E-state index contributed by atoms with van der Waals surface area (Å²) < 4.78 is 16.1. The van der Waals surface area contributed by atoms with E-state index in [1.165, 1.54) is 0 Å². The van der Waals surface area contributed by atoms with Gasteiger partial charge in [0.1, 0.15) is 11.9 Å². The van der Waals surface area contributed by atoms with Crippen LogP contribution in [0.25, 0.3) is 11.4 Å². The van der Waals surface area contributed by atoms with Crippen LogP contribution in [0.5, 0.6) is 5.75 Å². The van der Waals surface area contributed by atoms with Crippen molar-refractivity contribution in [1.29, 1.82) is 0 Å². The van der Waals surface area contributed by atoms with Gasteiger partial charge in [-0.25, -0.2) is 0 Å². The van der Waals surface area contributed by atoms with Crippen molar-refractivity contribution in [2.75, 3.05) is 13.7 Å². The van der Waals surface area contributed by atoms with Crippen molar-refractivity contribution in [1.82, 2.24) is 10.1 Å². The highest BCUT2D eigenvalue weighted by atomic mass is 16.5. The molecule has 1 aliphatic rings. The molecule has 1 saturated heterocycles. The van der Waals surface area contributed by atoms with Gasteiger partial charge >= 0.3 is 0 Å². The van der Waals surface area contributed by atoms with Gasteiger partial charge in [-0.1, -0.05) is 17.3 Å². The minimum absolute atomic E-state index is 0.0547. The molecule has 0 radical (unpaired) electrons. The number of methoxy groups -OCH3 is 1. The fourth-order valence-corrected chi connectivity index (χ4v) is 2.08. The van der Waals surface area contributed by atoms with Crippen LogP contribution in [0.15, 0.2) is 28.8 Å². The Kier molecular flexibility index (Phi) is 2.98. The first-order valence-electron chi connectivity index (χ1n) is 5.97. The molecule has 0 spiro atoms. The van der Waals surface area contributed by atoms with Crippen molar-refractivity contribution in [3.8, 4) is 17.1 Å². The highest BCUT2D eigenvalue weighted by Gasteiger charge is 2.24. The predicted molar refractivity (Wildman–Crippen MR) is 64.2 cm³/mol. The average Bonchev–Trinajstić information content (AvgIpc) is 3.09. The maximum atomic E-state index is 5.52.